The minimum Gasteiger partial charge on any atom is -0.462 e. The van der Waals surface area contributed by atoms with Crippen LogP contribution in [0.25, 0.3) is 0 Å². The minimum absolute atomic E-state index is 0.353. The monoisotopic (exact) mass is 264 g/mol. The maximum Gasteiger partial charge on any atom is 0.340 e. The number of anilines is 2. The van der Waals surface area contributed by atoms with Gasteiger partial charge in [0.25, 0.3) is 0 Å². The number of hydrogen-bond acceptors (Lipinski definition) is 4. The molecule has 0 saturated carbocycles. The molecule has 0 aliphatic heterocycles. The third kappa shape index (κ3) is 3.88. The lowest BCUT2D eigenvalue weighted by Crippen LogP contribution is -2.25. The second kappa shape index (κ2) is 7.67. The fraction of sp³-hybridized carbons (Fsp3) is 0.533. The number of carbonyl (C=O) groups excluding carboxylic acids is 1. The van der Waals surface area contributed by atoms with Crippen LogP contribution in [0, 0.1) is 0 Å². The van der Waals surface area contributed by atoms with Crippen LogP contribution in [-0.2, 0) is 4.74 Å². The van der Waals surface area contributed by atoms with Crippen LogP contribution in [0.2, 0.25) is 0 Å². The molecule has 0 heterocycles. The van der Waals surface area contributed by atoms with Crippen LogP contribution in [-0.4, -0.2) is 25.7 Å². The van der Waals surface area contributed by atoms with E-state index in [1.165, 1.54) is 0 Å². The van der Waals surface area contributed by atoms with Crippen LogP contribution >= 0.6 is 0 Å². The van der Waals surface area contributed by atoms with Gasteiger partial charge in [0, 0.05) is 13.1 Å². The highest BCUT2D eigenvalue weighted by Crippen LogP contribution is 2.27. The number of benzene rings is 1. The molecule has 4 nitrogen and oxygen atoms in total. The minimum atomic E-state index is -0.353. The molecule has 0 aromatic heterocycles. The molecule has 1 rings (SSSR count). The predicted octanol–water partition coefficient (Wildman–Crippen LogP) is 3.07. The topological polar surface area (TPSA) is 55.6 Å². The van der Waals surface area contributed by atoms with Crippen LogP contribution in [0.3, 0.4) is 0 Å². The van der Waals surface area contributed by atoms with E-state index in [2.05, 4.69) is 18.7 Å². The zero-order valence-corrected chi connectivity index (χ0v) is 12.1. The van der Waals surface area contributed by atoms with Crippen molar-refractivity contribution < 1.29 is 9.53 Å². The van der Waals surface area contributed by atoms with Gasteiger partial charge in [-0.05, 0) is 32.4 Å². The molecule has 0 saturated heterocycles. The first-order valence-electron chi connectivity index (χ1n) is 6.96. The lowest BCUT2D eigenvalue weighted by molar-refractivity contribution is 0.0527. The van der Waals surface area contributed by atoms with Gasteiger partial charge in [0.2, 0.25) is 0 Å². The fourth-order valence-electron chi connectivity index (χ4n) is 2.01. The number of hydrogen-bond donors (Lipinski definition) is 1. The second-order valence-corrected chi connectivity index (χ2v) is 4.39. The zero-order chi connectivity index (χ0) is 14.3. The summed E-state index contributed by atoms with van der Waals surface area (Å²) in [6, 6.07) is 5.52. The van der Waals surface area contributed by atoms with Gasteiger partial charge in [-0.1, -0.05) is 19.4 Å². The Morgan fingerprint density at radius 1 is 1.32 bits per heavy atom. The Morgan fingerprint density at radius 3 is 2.63 bits per heavy atom. The van der Waals surface area contributed by atoms with E-state index in [-0.39, 0.29) is 5.97 Å². The Hall–Kier alpha value is -1.71. The summed E-state index contributed by atoms with van der Waals surface area (Å²) in [7, 11) is 0. The van der Waals surface area contributed by atoms with Crippen LogP contribution in [0.15, 0.2) is 18.2 Å². The highest BCUT2D eigenvalue weighted by atomic mass is 16.5. The van der Waals surface area contributed by atoms with Gasteiger partial charge in [-0.3, -0.25) is 0 Å². The first kappa shape index (κ1) is 15.3. The van der Waals surface area contributed by atoms with Crippen molar-refractivity contribution in [3.63, 3.8) is 0 Å². The number of carbonyl (C=O) groups is 1. The summed E-state index contributed by atoms with van der Waals surface area (Å²) in [5.74, 6) is -0.353. The summed E-state index contributed by atoms with van der Waals surface area (Å²) in [4.78, 5) is 14.0. The van der Waals surface area contributed by atoms with Gasteiger partial charge in [0.05, 0.1) is 23.5 Å². The van der Waals surface area contributed by atoms with Gasteiger partial charge in [-0.15, -0.1) is 0 Å². The highest BCUT2D eigenvalue weighted by Gasteiger charge is 2.16. The van der Waals surface area contributed by atoms with E-state index in [1.807, 2.05) is 12.1 Å². The number of nitrogen functional groups attached to an aromatic ring is 1. The van der Waals surface area contributed by atoms with Crippen LogP contribution in [0.5, 0.6) is 0 Å². The number of nitrogens with zero attached hydrogens (tertiary/aromatic N) is 1. The van der Waals surface area contributed by atoms with Crippen molar-refractivity contribution in [1.82, 2.24) is 0 Å². The van der Waals surface area contributed by atoms with Crippen molar-refractivity contribution in [3.05, 3.63) is 23.8 Å². The molecule has 0 amide bonds. The number of unbranched alkanes of at least 4 members (excludes halogenated alkanes) is 1. The smallest absolute Gasteiger partial charge is 0.340 e. The fourth-order valence-corrected chi connectivity index (χ4v) is 2.01. The number of rotatable bonds is 7. The third-order valence-corrected chi connectivity index (χ3v) is 3.08. The number of para-hydroxylation sites is 1. The van der Waals surface area contributed by atoms with E-state index >= 15 is 0 Å². The zero-order valence-electron chi connectivity index (χ0n) is 12.1. The first-order chi connectivity index (χ1) is 9.15. The van der Waals surface area contributed by atoms with Gasteiger partial charge < -0.3 is 15.4 Å². The summed E-state index contributed by atoms with van der Waals surface area (Å²) >= 11 is 0. The molecule has 19 heavy (non-hydrogen) atoms. The predicted molar refractivity (Wildman–Crippen MR) is 79.6 cm³/mol. The number of esters is 1. The Balaban J connectivity index is 3.01. The summed E-state index contributed by atoms with van der Waals surface area (Å²) in [5, 5.41) is 0. The van der Waals surface area contributed by atoms with Crippen LogP contribution < -0.4 is 10.6 Å². The molecule has 0 fully saturated rings. The molecule has 0 spiro atoms. The largest absolute Gasteiger partial charge is 0.462 e. The molecule has 0 atom stereocenters. The van der Waals surface area contributed by atoms with Crippen molar-refractivity contribution in [1.29, 1.82) is 0 Å². The van der Waals surface area contributed by atoms with Crippen LogP contribution in [0.1, 0.15) is 44.0 Å². The Kier molecular flexibility index (Phi) is 6.19. The molecule has 1 aromatic carbocycles. The Labute approximate surface area is 115 Å². The van der Waals surface area contributed by atoms with E-state index < -0.39 is 0 Å². The van der Waals surface area contributed by atoms with E-state index in [1.54, 1.807) is 13.0 Å². The molecule has 0 bridgehead atoms. The summed E-state index contributed by atoms with van der Waals surface area (Å²) in [5.41, 5.74) is 8.00. The summed E-state index contributed by atoms with van der Waals surface area (Å²) < 4.78 is 5.02. The van der Waals surface area contributed by atoms with Crippen molar-refractivity contribution in [2.45, 2.75) is 33.6 Å². The van der Waals surface area contributed by atoms with Gasteiger partial charge in [-0.2, -0.15) is 0 Å². The van der Waals surface area contributed by atoms with Gasteiger partial charge in [0.1, 0.15) is 0 Å². The standard InChI is InChI=1S/C15H24N2O2/c1-4-7-11-17(5-2)13-10-8-9-12(14(13)16)15(18)19-6-3/h8-10H,4-7,11,16H2,1-3H3. The summed E-state index contributed by atoms with van der Waals surface area (Å²) in [6.45, 7) is 8.21. The normalized spacial score (nSPS) is 10.3. The van der Waals surface area contributed by atoms with Gasteiger partial charge in [-0.25, -0.2) is 4.79 Å². The van der Waals surface area contributed by atoms with E-state index in [0.717, 1.165) is 31.6 Å². The average Bonchev–Trinajstić information content (AvgIpc) is 2.41. The SMILES string of the molecule is CCCCN(CC)c1cccc(C(=O)OCC)c1N. The molecular formula is C15H24N2O2. The third-order valence-electron chi connectivity index (χ3n) is 3.08. The van der Waals surface area contributed by atoms with Gasteiger partial charge in [0.15, 0.2) is 0 Å². The maximum absolute atomic E-state index is 11.8. The molecule has 4 heteroatoms. The molecule has 1 aromatic rings. The van der Waals surface area contributed by atoms with Crippen LogP contribution in [0.4, 0.5) is 11.4 Å². The van der Waals surface area contributed by atoms with Gasteiger partial charge >= 0.3 is 5.97 Å². The van der Waals surface area contributed by atoms with E-state index in [4.69, 9.17) is 10.5 Å². The van der Waals surface area contributed by atoms with Crippen molar-refractivity contribution >= 4 is 17.3 Å². The number of nitrogens with two attached hydrogens (primary N) is 1. The average molecular weight is 264 g/mol. The first-order valence-corrected chi connectivity index (χ1v) is 6.96. The van der Waals surface area contributed by atoms with Crippen molar-refractivity contribution in [2.24, 2.45) is 0 Å². The molecule has 0 aliphatic rings. The molecular weight excluding hydrogens is 240 g/mol. The molecule has 106 valence electrons. The Bertz CT molecular complexity index is 419. The van der Waals surface area contributed by atoms with Crippen molar-refractivity contribution in [2.75, 3.05) is 30.3 Å². The molecule has 0 radical (unpaired) electrons. The highest BCUT2D eigenvalue weighted by molar-refractivity contribution is 5.98. The summed E-state index contributed by atoms with van der Waals surface area (Å²) in [6.07, 6.45) is 2.24. The molecule has 0 aliphatic carbocycles. The Morgan fingerprint density at radius 2 is 2.05 bits per heavy atom. The number of ether oxygens (including phenoxy) is 1. The molecule has 2 N–H and O–H groups in total. The molecule has 0 unspecified atom stereocenters. The second-order valence-electron chi connectivity index (χ2n) is 4.39. The van der Waals surface area contributed by atoms with E-state index in [0.29, 0.717) is 17.9 Å². The lowest BCUT2D eigenvalue weighted by atomic mass is 10.1. The maximum atomic E-state index is 11.8. The van der Waals surface area contributed by atoms with Crippen molar-refractivity contribution in [3.8, 4) is 0 Å². The quantitative estimate of drug-likeness (QED) is 0.607. The van der Waals surface area contributed by atoms with E-state index in [9.17, 15) is 4.79 Å². The lowest BCUT2D eigenvalue weighted by Gasteiger charge is -2.25.